The molecular formula is C81H103BrF6N8O9. The number of rotatable bonds is 19. The Morgan fingerprint density at radius 2 is 0.790 bits per heavy atom. The van der Waals surface area contributed by atoms with Crippen LogP contribution in [0.5, 0.6) is 0 Å². The van der Waals surface area contributed by atoms with E-state index in [-0.39, 0.29) is 91.7 Å². The molecule has 17 nitrogen and oxygen atoms in total. The van der Waals surface area contributed by atoms with Gasteiger partial charge in [-0.05, 0) is 132 Å². The molecule has 3 aliphatic heterocycles. The maximum Gasteiger partial charge on any atom is 0.319 e. The number of nitrogens with one attached hydrogen (secondary N) is 3. The molecule has 4 amide bonds. The summed E-state index contributed by atoms with van der Waals surface area (Å²) >= 11 is 2.94. The third kappa shape index (κ3) is 26.3. The summed E-state index contributed by atoms with van der Waals surface area (Å²) in [7, 11) is 1.00. The molecule has 6 aromatic rings. The summed E-state index contributed by atoms with van der Waals surface area (Å²) in [6.07, 6.45) is 5.44. The molecule has 0 radical (unpaired) electrons. The largest absolute Gasteiger partial charge is 0.465 e. The maximum atomic E-state index is 14.5. The van der Waals surface area contributed by atoms with Crippen LogP contribution < -0.4 is 27.4 Å². The minimum absolute atomic E-state index is 0.00414. The zero-order chi connectivity index (χ0) is 78.5. The number of nitrogens with two attached hydrogens (primary N) is 2. The molecule has 0 fully saturated rings. The van der Waals surface area contributed by atoms with Crippen LogP contribution in [0.1, 0.15) is 142 Å². The van der Waals surface area contributed by atoms with Gasteiger partial charge in [0.2, 0.25) is 23.6 Å². The Bertz CT molecular complexity index is 3740. The monoisotopic (exact) mass is 1520 g/mol. The minimum atomic E-state index is -0.700. The summed E-state index contributed by atoms with van der Waals surface area (Å²) in [5.41, 5.74) is 14.4. The quantitative estimate of drug-likeness (QED) is 0.0252. The molecule has 24 heteroatoms. The summed E-state index contributed by atoms with van der Waals surface area (Å²) in [4.78, 5) is 79.7. The molecule has 6 atom stereocenters. The van der Waals surface area contributed by atoms with Crippen LogP contribution in [0.25, 0.3) is 16.7 Å². The lowest BCUT2D eigenvalue weighted by atomic mass is 9.85. The van der Waals surface area contributed by atoms with Crippen molar-refractivity contribution in [2.24, 2.45) is 27.7 Å². The predicted octanol–water partition coefficient (Wildman–Crippen LogP) is 13.4. The van der Waals surface area contributed by atoms with Gasteiger partial charge in [-0.25, -0.2) is 26.3 Å². The molecule has 0 spiro atoms. The van der Waals surface area contributed by atoms with Gasteiger partial charge in [-0.15, -0.1) is 0 Å². The van der Waals surface area contributed by atoms with E-state index < -0.39 is 87.3 Å². The Labute approximate surface area is 623 Å². The Balaban J connectivity index is 0.000000310. The van der Waals surface area contributed by atoms with Gasteiger partial charge >= 0.3 is 11.9 Å². The smallest absolute Gasteiger partial charge is 0.319 e. The normalized spacial score (nSPS) is 16.2. The van der Waals surface area contributed by atoms with E-state index in [1.165, 1.54) is 6.07 Å². The van der Waals surface area contributed by atoms with Gasteiger partial charge in [0.1, 0.15) is 40.2 Å². The van der Waals surface area contributed by atoms with Crippen LogP contribution in [0.15, 0.2) is 164 Å². The molecular weight excluding hydrogens is 1420 g/mol. The second kappa shape index (κ2) is 42.4. The average Bonchev–Trinajstić information content (AvgIpc) is 1.66. The van der Waals surface area contributed by atoms with Gasteiger partial charge in [0.15, 0.2) is 0 Å². The number of esters is 2. The number of carbonyl (C=O) groups is 6. The molecule has 0 saturated heterocycles. The van der Waals surface area contributed by atoms with E-state index in [4.69, 9.17) is 21.3 Å². The number of hydrogen-bond acceptors (Lipinski definition) is 13. The molecule has 0 saturated carbocycles. The molecule has 105 heavy (non-hydrogen) atoms. The molecule has 0 aliphatic carbocycles. The standard InChI is InChI=1S/C26H31F2N3O2.C26H30F2N2O3.C22H24F2N2O.C4H7BrO2.C2H7N.CH4O/c1-5-29-23(32)15-30-24(26(2,3)4)25(33)31-16-18(20-14-19(27)11-12-21(20)28)13-22(31)17-9-7-6-8-10-17;1-5-33-23(31)15-29-24(26(2,3)4)25(32)30-16-18(20-14-19(27)11-12-21(20)28)13-22(30)17-9-7-6-8-10-17;1-22(2,3)20(25)21(27)26-13-15(17-12-16(23)9-10-18(17)24)11-19(26)14-7-5-4-6-8-14;1-2-7-4(6)3-5;1-2-3;1-2/h6-14,22,24,30H,5,15-16H2,1-4H3,(H,29,32);6-14,22,24,29H,5,15-16H2,1-4H3;4-12,19-20H,13,25H2,1-3H3;2-3H2,1H3;2-3H2,1H3;2H,1H3/t2*22-,24+;19-,20+;;;/m000.../s1. The lowest BCUT2D eigenvalue weighted by Crippen LogP contribution is -2.55. The second-order valence-electron chi connectivity index (χ2n) is 27.7. The molecule has 3 heterocycles. The molecule has 0 unspecified atom stereocenters. The minimum Gasteiger partial charge on any atom is -0.465 e. The lowest BCUT2D eigenvalue weighted by molar-refractivity contribution is -0.143. The molecule has 9 rings (SSSR count). The van der Waals surface area contributed by atoms with E-state index in [1.54, 1.807) is 34.6 Å². The highest BCUT2D eigenvalue weighted by molar-refractivity contribution is 9.09. The topological polar surface area (TPSA) is 239 Å². The van der Waals surface area contributed by atoms with E-state index in [1.807, 2.05) is 179 Å². The molecule has 0 bridgehead atoms. The van der Waals surface area contributed by atoms with E-state index >= 15 is 0 Å². The molecule has 0 aromatic heterocycles. The first-order valence-electron chi connectivity index (χ1n) is 34.7. The highest BCUT2D eigenvalue weighted by Gasteiger charge is 2.43. The molecule has 6 aromatic carbocycles. The van der Waals surface area contributed by atoms with Gasteiger partial charge in [0.25, 0.3) is 0 Å². The van der Waals surface area contributed by atoms with Crippen molar-refractivity contribution in [2.75, 3.05) is 71.5 Å². The van der Waals surface area contributed by atoms with Gasteiger partial charge in [0, 0.05) is 50.0 Å². The van der Waals surface area contributed by atoms with E-state index in [0.29, 0.717) is 35.2 Å². The number of amides is 4. The number of carbonyl (C=O) groups excluding carboxylic acids is 6. The van der Waals surface area contributed by atoms with Crippen molar-refractivity contribution in [1.29, 1.82) is 0 Å². The van der Waals surface area contributed by atoms with Crippen LogP contribution in [0.2, 0.25) is 0 Å². The van der Waals surface area contributed by atoms with Crippen molar-refractivity contribution < 1.29 is 69.7 Å². The van der Waals surface area contributed by atoms with Crippen LogP contribution in [0.3, 0.4) is 0 Å². The van der Waals surface area contributed by atoms with Crippen molar-refractivity contribution in [3.05, 3.63) is 232 Å². The fourth-order valence-electron chi connectivity index (χ4n) is 11.5. The molecule has 8 N–H and O–H groups in total. The lowest BCUT2D eigenvalue weighted by Gasteiger charge is -2.36. The number of nitrogens with zero attached hydrogens (tertiary/aromatic N) is 3. The average molecular weight is 1530 g/mol. The predicted molar refractivity (Wildman–Crippen MR) is 404 cm³/mol. The van der Waals surface area contributed by atoms with Crippen LogP contribution in [0, 0.1) is 51.1 Å². The number of alkyl halides is 1. The summed E-state index contributed by atoms with van der Waals surface area (Å²) in [5, 5.41) is 16.2. The van der Waals surface area contributed by atoms with Crippen LogP contribution in [-0.2, 0) is 38.2 Å². The Morgan fingerprint density at radius 3 is 1.07 bits per heavy atom. The van der Waals surface area contributed by atoms with Gasteiger partial charge in [0.05, 0.1) is 62.6 Å². The van der Waals surface area contributed by atoms with Crippen molar-refractivity contribution in [1.82, 2.24) is 30.7 Å². The first-order valence-corrected chi connectivity index (χ1v) is 35.8. The van der Waals surface area contributed by atoms with Crippen molar-refractivity contribution in [3.8, 4) is 0 Å². The van der Waals surface area contributed by atoms with Gasteiger partial charge < -0.3 is 46.1 Å². The SMILES string of the molecule is CC(C)(C)[C@H](N)C(=O)N1CC(c2cc(F)ccc2F)=C[C@H]1c1ccccc1.CCN.CCNC(=O)CN[C@H](C(=O)N1CC(c2cc(F)ccc2F)=C[C@H]1c1ccccc1)C(C)(C)C.CCOC(=O)CBr.CCOC(=O)CN[C@H](C(=O)N1CC(c2cc(F)ccc2F)=C[C@H]1c1ccccc1)C(C)(C)C.CO. The fourth-order valence-corrected chi connectivity index (χ4v) is 11.6. The summed E-state index contributed by atoms with van der Waals surface area (Å²) < 4.78 is 94.3. The van der Waals surface area contributed by atoms with Crippen molar-refractivity contribution >= 4 is 68.2 Å². The second-order valence-corrected chi connectivity index (χ2v) is 28.3. The molecule has 570 valence electrons. The third-order valence-corrected chi connectivity index (χ3v) is 17.1. The summed E-state index contributed by atoms with van der Waals surface area (Å²) in [5.74, 6) is -4.68. The van der Waals surface area contributed by atoms with E-state index in [2.05, 4.69) is 36.6 Å². The Morgan fingerprint density at radius 1 is 0.486 bits per heavy atom. The zero-order valence-electron chi connectivity index (χ0n) is 62.5. The summed E-state index contributed by atoms with van der Waals surface area (Å²) in [6.45, 7) is 26.7. The van der Waals surface area contributed by atoms with Crippen LogP contribution in [-0.4, -0.2) is 145 Å². The first kappa shape index (κ1) is 88.6. The van der Waals surface area contributed by atoms with Crippen molar-refractivity contribution in [3.63, 3.8) is 0 Å². The Kier molecular flexibility index (Phi) is 35.8. The van der Waals surface area contributed by atoms with Gasteiger partial charge in [-0.2, -0.15) is 0 Å². The fraction of sp³-hybridized carbons (Fsp3) is 0.407. The highest BCUT2D eigenvalue weighted by atomic mass is 79.9. The van der Waals surface area contributed by atoms with Crippen LogP contribution in [0.4, 0.5) is 26.3 Å². The summed E-state index contributed by atoms with van der Waals surface area (Å²) in [6, 6.07) is 35.0. The van der Waals surface area contributed by atoms with Gasteiger partial charge in [-0.1, -0.05) is 194 Å². The first-order chi connectivity index (χ1) is 49.6. The number of aliphatic hydroxyl groups excluding tert-OH is 1. The van der Waals surface area contributed by atoms with Gasteiger partial charge in [-0.3, -0.25) is 39.4 Å². The zero-order valence-corrected chi connectivity index (χ0v) is 64.1. The number of halogens is 7. The number of likely N-dealkylation sites (N-methyl/N-ethyl adjacent to an activating group) is 1. The van der Waals surface area contributed by atoms with Crippen molar-refractivity contribution in [2.45, 2.75) is 126 Å². The van der Waals surface area contributed by atoms with Crippen LogP contribution >= 0.6 is 15.9 Å². The molecule has 3 aliphatic rings. The third-order valence-electron chi connectivity index (χ3n) is 16.6. The number of aliphatic hydroxyl groups is 1. The van der Waals surface area contributed by atoms with E-state index in [0.717, 1.165) is 78.9 Å². The highest BCUT2D eigenvalue weighted by Crippen LogP contribution is 2.41. The number of hydrogen-bond donors (Lipinski definition) is 6. The number of benzene rings is 6. The van der Waals surface area contributed by atoms with E-state index in [9.17, 15) is 55.1 Å². The number of ether oxygens (including phenoxy) is 2. The Hall–Kier alpha value is -8.78. The maximum absolute atomic E-state index is 14.5.